The molecular formula is C14H23N3. The Bertz CT molecular complexity index is 332. The quantitative estimate of drug-likeness (QED) is 0.730. The molecular weight excluding hydrogens is 210 g/mol. The zero-order chi connectivity index (χ0) is 12.0. The van der Waals surface area contributed by atoms with Crippen molar-refractivity contribution in [3.05, 3.63) is 0 Å². The van der Waals surface area contributed by atoms with E-state index in [1.807, 2.05) is 0 Å². The monoisotopic (exact) mass is 233 g/mol. The van der Waals surface area contributed by atoms with Crippen LogP contribution in [0.1, 0.15) is 46.0 Å². The lowest BCUT2D eigenvalue weighted by atomic mass is 9.85. The van der Waals surface area contributed by atoms with Gasteiger partial charge in [-0.15, -0.1) is 0 Å². The van der Waals surface area contributed by atoms with Crippen LogP contribution in [-0.4, -0.2) is 46.6 Å². The molecule has 0 N–H and O–H groups in total. The van der Waals surface area contributed by atoms with Crippen LogP contribution in [0.4, 0.5) is 0 Å². The minimum Gasteiger partial charge on any atom is -0.301 e. The van der Waals surface area contributed by atoms with Crippen molar-refractivity contribution >= 4 is 0 Å². The summed E-state index contributed by atoms with van der Waals surface area (Å²) >= 11 is 0. The Morgan fingerprint density at radius 2 is 1.88 bits per heavy atom. The fraction of sp³-hybridized carbons (Fsp3) is 0.929. The number of likely N-dealkylation sites (tertiary alicyclic amines) is 2. The standard InChI is InChI=1S/C14H23N3/c1-11(2)16-7-3-12(4-8-16)17-13(10-15)9-14(17)5-6-14/h11-13H,3-9H2,1-2H3. The van der Waals surface area contributed by atoms with Crippen LogP contribution in [0.2, 0.25) is 0 Å². The molecule has 1 unspecified atom stereocenters. The zero-order valence-corrected chi connectivity index (χ0v) is 11.0. The van der Waals surface area contributed by atoms with Crippen LogP contribution >= 0.6 is 0 Å². The predicted octanol–water partition coefficient (Wildman–Crippen LogP) is 1.99. The maximum Gasteiger partial charge on any atom is 0.100 e. The van der Waals surface area contributed by atoms with Gasteiger partial charge in [-0.2, -0.15) is 5.26 Å². The minimum atomic E-state index is 0.230. The number of nitriles is 1. The molecule has 0 radical (unpaired) electrons. The molecule has 2 heterocycles. The minimum absolute atomic E-state index is 0.230. The molecule has 2 aliphatic heterocycles. The molecule has 0 aromatic heterocycles. The van der Waals surface area contributed by atoms with Crippen molar-refractivity contribution in [1.29, 1.82) is 5.26 Å². The first kappa shape index (κ1) is 11.5. The van der Waals surface area contributed by atoms with E-state index in [2.05, 4.69) is 29.7 Å². The molecule has 2 saturated heterocycles. The van der Waals surface area contributed by atoms with Crippen LogP contribution in [0.3, 0.4) is 0 Å². The van der Waals surface area contributed by atoms with Gasteiger partial charge in [-0.3, -0.25) is 4.90 Å². The van der Waals surface area contributed by atoms with Crippen molar-refractivity contribution in [1.82, 2.24) is 9.80 Å². The summed E-state index contributed by atoms with van der Waals surface area (Å²) in [6.07, 6.45) is 6.36. The van der Waals surface area contributed by atoms with Gasteiger partial charge >= 0.3 is 0 Å². The van der Waals surface area contributed by atoms with Crippen LogP contribution in [0.15, 0.2) is 0 Å². The van der Waals surface area contributed by atoms with E-state index >= 15 is 0 Å². The van der Waals surface area contributed by atoms with Crippen LogP contribution < -0.4 is 0 Å². The average Bonchev–Trinajstić information content (AvgIpc) is 3.08. The van der Waals surface area contributed by atoms with Crippen LogP contribution in [0.25, 0.3) is 0 Å². The molecule has 1 atom stereocenters. The SMILES string of the molecule is CC(C)N1CCC(N2C(C#N)CC23CC3)CC1. The van der Waals surface area contributed by atoms with E-state index in [0.717, 1.165) is 6.42 Å². The van der Waals surface area contributed by atoms with E-state index in [-0.39, 0.29) is 6.04 Å². The first-order valence-corrected chi connectivity index (χ1v) is 7.08. The van der Waals surface area contributed by atoms with Gasteiger partial charge in [0.15, 0.2) is 0 Å². The molecule has 0 amide bonds. The number of rotatable bonds is 2. The van der Waals surface area contributed by atoms with E-state index in [9.17, 15) is 5.26 Å². The summed E-state index contributed by atoms with van der Waals surface area (Å²) in [5.41, 5.74) is 0.491. The van der Waals surface area contributed by atoms with Gasteiger partial charge in [-0.05, 0) is 59.0 Å². The summed E-state index contributed by atoms with van der Waals surface area (Å²) in [7, 11) is 0. The summed E-state index contributed by atoms with van der Waals surface area (Å²) < 4.78 is 0. The first-order valence-electron chi connectivity index (χ1n) is 7.08. The second-order valence-electron chi connectivity index (χ2n) is 6.34. The molecule has 17 heavy (non-hydrogen) atoms. The Labute approximate surface area is 104 Å². The van der Waals surface area contributed by atoms with Gasteiger partial charge in [-0.1, -0.05) is 0 Å². The van der Waals surface area contributed by atoms with Crippen molar-refractivity contribution in [2.45, 2.75) is 69.6 Å². The summed E-state index contributed by atoms with van der Waals surface area (Å²) in [6, 6.07) is 4.08. The van der Waals surface area contributed by atoms with Crippen molar-refractivity contribution in [3.8, 4) is 6.07 Å². The molecule has 3 nitrogen and oxygen atoms in total. The van der Waals surface area contributed by atoms with E-state index < -0.39 is 0 Å². The maximum absolute atomic E-state index is 9.19. The fourth-order valence-electron chi connectivity index (χ4n) is 3.82. The maximum atomic E-state index is 9.19. The highest BCUT2D eigenvalue weighted by atomic mass is 15.4. The Balaban J connectivity index is 1.61. The highest BCUT2D eigenvalue weighted by Crippen LogP contribution is 2.56. The smallest absolute Gasteiger partial charge is 0.100 e. The molecule has 1 aliphatic carbocycles. The Hall–Kier alpha value is -0.590. The highest BCUT2D eigenvalue weighted by molar-refractivity contribution is 5.22. The van der Waals surface area contributed by atoms with Crippen molar-refractivity contribution < 1.29 is 0 Å². The van der Waals surface area contributed by atoms with Gasteiger partial charge in [-0.25, -0.2) is 0 Å². The molecule has 0 bridgehead atoms. The number of hydrogen-bond donors (Lipinski definition) is 0. The van der Waals surface area contributed by atoms with Gasteiger partial charge in [0.05, 0.1) is 6.07 Å². The Morgan fingerprint density at radius 3 is 2.35 bits per heavy atom. The number of nitrogens with zero attached hydrogens (tertiary/aromatic N) is 3. The third kappa shape index (κ3) is 1.78. The predicted molar refractivity (Wildman–Crippen MR) is 67.6 cm³/mol. The molecule has 0 aromatic rings. The second-order valence-corrected chi connectivity index (χ2v) is 6.34. The lowest BCUT2D eigenvalue weighted by Crippen LogP contribution is -2.63. The van der Waals surface area contributed by atoms with E-state index in [1.165, 1.54) is 38.8 Å². The molecule has 0 aromatic carbocycles. The summed E-state index contributed by atoms with van der Waals surface area (Å²) in [4.78, 5) is 5.14. The Kier molecular flexibility index (Phi) is 2.68. The van der Waals surface area contributed by atoms with Crippen LogP contribution in [0, 0.1) is 11.3 Å². The molecule has 1 spiro atoms. The summed E-state index contributed by atoms with van der Waals surface area (Å²) in [5.74, 6) is 0. The zero-order valence-electron chi connectivity index (χ0n) is 11.0. The highest BCUT2D eigenvalue weighted by Gasteiger charge is 2.61. The molecule has 1 saturated carbocycles. The summed E-state index contributed by atoms with van der Waals surface area (Å²) in [5, 5.41) is 9.19. The van der Waals surface area contributed by atoms with Crippen molar-refractivity contribution in [2.24, 2.45) is 0 Å². The van der Waals surface area contributed by atoms with Gasteiger partial charge in [0, 0.05) is 17.6 Å². The van der Waals surface area contributed by atoms with Gasteiger partial charge in [0.2, 0.25) is 0 Å². The van der Waals surface area contributed by atoms with E-state index in [0.29, 0.717) is 17.6 Å². The normalized spacial score (nSPS) is 33.6. The first-order chi connectivity index (χ1) is 8.16. The second kappa shape index (κ2) is 3.96. The lowest BCUT2D eigenvalue weighted by molar-refractivity contribution is -0.0408. The van der Waals surface area contributed by atoms with Gasteiger partial charge in [0.25, 0.3) is 0 Å². The topological polar surface area (TPSA) is 30.3 Å². The van der Waals surface area contributed by atoms with Crippen LogP contribution in [-0.2, 0) is 0 Å². The number of hydrogen-bond acceptors (Lipinski definition) is 3. The van der Waals surface area contributed by atoms with Gasteiger partial charge in [0.1, 0.15) is 6.04 Å². The van der Waals surface area contributed by atoms with E-state index in [4.69, 9.17) is 0 Å². The average molecular weight is 233 g/mol. The molecule has 3 heteroatoms. The van der Waals surface area contributed by atoms with E-state index in [1.54, 1.807) is 0 Å². The molecule has 3 rings (SSSR count). The third-order valence-electron chi connectivity index (χ3n) is 5.06. The summed E-state index contributed by atoms with van der Waals surface area (Å²) in [6.45, 7) is 7.00. The molecule has 3 aliphatic rings. The third-order valence-corrected chi connectivity index (χ3v) is 5.06. The van der Waals surface area contributed by atoms with Crippen molar-refractivity contribution in [3.63, 3.8) is 0 Å². The van der Waals surface area contributed by atoms with Gasteiger partial charge < -0.3 is 4.90 Å². The van der Waals surface area contributed by atoms with Crippen molar-refractivity contribution in [2.75, 3.05) is 13.1 Å². The Morgan fingerprint density at radius 1 is 1.24 bits per heavy atom. The largest absolute Gasteiger partial charge is 0.301 e. The molecule has 3 fully saturated rings. The number of piperidine rings is 1. The van der Waals surface area contributed by atoms with Crippen LogP contribution in [0.5, 0.6) is 0 Å². The fourth-order valence-corrected chi connectivity index (χ4v) is 3.82. The molecule has 94 valence electrons. The lowest BCUT2D eigenvalue weighted by Gasteiger charge is -2.53.